The average Bonchev–Trinajstić information content (AvgIpc) is 3.07. The Balaban J connectivity index is 1.64. The summed E-state index contributed by atoms with van der Waals surface area (Å²) >= 11 is 0. The molecule has 27 heavy (non-hydrogen) atoms. The highest BCUT2D eigenvalue weighted by atomic mass is 16.6. The molecule has 1 N–H and O–H groups in total. The van der Waals surface area contributed by atoms with Gasteiger partial charge in [0.1, 0.15) is 5.82 Å². The first kappa shape index (κ1) is 18.1. The summed E-state index contributed by atoms with van der Waals surface area (Å²) < 4.78 is 1.71. The molecule has 2 aromatic carbocycles. The van der Waals surface area contributed by atoms with Crippen molar-refractivity contribution < 1.29 is 9.72 Å². The molecular weight excluding hydrogens is 344 g/mol. The molecular formula is C20H18N4O3. The maximum Gasteiger partial charge on any atom is 0.269 e. The zero-order valence-corrected chi connectivity index (χ0v) is 14.7. The summed E-state index contributed by atoms with van der Waals surface area (Å²) in [5.74, 6) is 0.286. The van der Waals surface area contributed by atoms with Crippen molar-refractivity contribution in [3.8, 4) is 0 Å². The highest BCUT2D eigenvalue weighted by Gasteiger charge is 2.07. The van der Waals surface area contributed by atoms with Crippen LogP contribution in [0.3, 0.4) is 0 Å². The number of hydrogen-bond donors (Lipinski definition) is 1. The predicted octanol–water partition coefficient (Wildman–Crippen LogP) is 3.80. The molecule has 0 atom stereocenters. The third-order valence-electron chi connectivity index (χ3n) is 3.91. The molecule has 7 heteroatoms. The summed E-state index contributed by atoms with van der Waals surface area (Å²) in [5.41, 5.74) is 2.97. The quantitative estimate of drug-likeness (QED) is 0.410. The molecule has 0 aliphatic heterocycles. The maximum absolute atomic E-state index is 12.2. The molecule has 7 nitrogen and oxygen atoms in total. The van der Waals surface area contributed by atoms with E-state index in [-0.39, 0.29) is 11.6 Å². The van der Waals surface area contributed by atoms with E-state index in [4.69, 9.17) is 0 Å². The zero-order valence-electron chi connectivity index (χ0n) is 14.7. The third-order valence-corrected chi connectivity index (χ3v) is 3.91. The lowest BCUT2D eigenvalue weighted by Crippen LogP contribution is -2.13. The van der Waals surface area contributed by atoms with Crippen LogP contribution in [0.4, 0.5) is 11.5 Å². The molecule has 0 saturated carbocycles. The molecule has 0 bridgehead atoms. The van der Waals surface area contributed by atoms with Gasteiger partial charge >= 0.3 is 0 Å². The first-order valence-electron chi connectivity index (χ1n) is 8.32. The summed E-state index contributed by atoms with van der Waals surface area (Å²) in [5, 5.41) is 17.7. The maximum atomic E-state index is 12.2. The summed E-state index contributed by atoms with van der Waals surface area (Å²) in [4.78, 5) is 22.4. The first-order chi connectivity index (χ1) is 13.0. The number of nitro benzene ring substituents is 1. The van der Waals surface area contributed by atoms with E-state index in [0.717, 1.165) is 11.1 Å². The molecule has 1 heterocycles. The highest BCUT2D eigenvalue weighted by molar-refractivity contribution is 6.01. The molecule has 3 rings (SSSR count). The number of nitrogens with zero attached hydrogens (tertiary/aromatic N) is 3. The van der Waals surface area contributed by atoms with Gasteiger partial charge in [0.25, 0.3) is 5.69 Å². The van der Waals surface area contributed by atoms with Crippen molar-refractivity contribution in [2.75, 3.05) is 5.32 Å². The van der Waals surface area contributed by atoms with Gasteiger partial charge < -0.3 is 5.32 Å². The average molecular weight is 362 g/mol. The molecule has 0 spiro atoms. The van der Waals surface area contributed by atoms with Crippen LogP contribution in [0, 0.1) is 17.0 Å². The second-order valence-electron chi connectivity index (χ2n) is 6.03. The Morgan fingerprint density at radius 1 is 1.22 bits per heavy atom. The Bertz CT molecular complexity index is 990. The molecule has 136 valence electrons. The molecule has 0 unspecified atom stereocenters. The van der Waals surface area contributed by atoms with E-state index < -0.39 is 4.92 Å². The number of carbonyl (C=O) groups excluding carboxylic acids is 1. The lowest BCUT2D eigenvalue weighted by atomic mass is 10.1. The van der Waals surface area contributed by atoms with Crippen LogP contribution < -0.4 is 5.32 Å². The molecule has 0 saturated heterocycles. The van der Waals surface area contributed by atoms with Crippen LogP contribution in [0.5, 0.6) is 0 Å². The van der Waals surface area contributed by atoms with Crippen LogP contribution in [0.25, 0.3) is 6.08 Å². The van der Waals surface area contributed by atoms with Gasteiger partial charge in [-0.15, -0.1) is 0 Å². The number of aryl methyl sites for hydroxylation is 1. The molecule has 0 aliphatic rings. The fourth-order valence-corrected chi connectivity index (χ4v) is 2.60. The minimum absolute atomic E-state index is 0.0108. The van der Waals surface area contributed by atoms with Crippen molar-refractivity contribution >= 4 is 23.5 Å². The molecule has 1 amide bonds. The van der Waals surface area contributed by atoms with Crippen molar-refractivity contribution in [2.24, 2.45) is 0 Å². The van der Waals surface area contributed by atoms with E-state index in [2.05, 4.69) is 16.5 Å². The molecule has 0 fully saturated rings. The predicted molar refractivity (Wildman–Crippen MR) is 103 cm³/mol. The number of nitrogens with one attached hydrogen (secondary N) is 1. The summed E-state index contributed by atoms with van der Waals surface area (Å²) in [6.45, 7) is 2.58. The number of anilines is 1. The summed E-state index contributed by atoms with van der Waals surface area (Å²) in [7, 11) is 0. The van der Waals surface area contributed by atoms with Crippen LogP contribution in [0.2, 0.25) is 0 Å². The van der Waals surface area contributed by atoms with Crippen LogP contribution in [0.1, 0.15) is 16.7 Å². The molecule has 3 aromatic rings. The normalized spacial score (nSPS) is 10.9. The standard InChI is InChI=1S/C20H18N4O3/c1-15-3-2-4-17(13-15)14-23-19(11-12-21-23)22-20(25)10-7-16-5-8-18(9-6-16)24(26)27/h2-13H,14H2,1H3,(H,22,25)/b10-7+. The van der Waals surface area contributed by atoms with E-state index in [1.165, 1.54) is 18.2 Å². The van der Waals surface area contributed by atoms with E-state index >= 15 is 0 Å². The number of amides is 1. The van der Waals surface area contributed by atoms with E-state index in [1.807, 2.05) is 25.1 Å². The number of aromatic nitrogens is 2. The highest BCUT2D eigenvalue weighted by Crippen LogP contribution is 2.14. The third kappa shape index (κ3) is 4.88. The minimum Gasteiger partial charge on any atom is -0.307 e. The SMILES string of the molecule is Cc1cccc(Cn2nccc2NC(=O)/C=C/c2ccc([N+](=O)[O-])cc2)c1. The second-order valence-corrected chi connectivity index (χ2v) is 6.03. The topological polar surface area (TPSA) is 90.1 Å². The van der Waals surface area contributed by atoms with Crippen molar-refractivity contribution in [1.29, 1.82) is 0 Å². The Morgan fingerprint density at radius 2 is 2.00 bits per heavy atom. The van der Waals surface area contributed by atoms with E-state index in [1.54, 1.807) is 35.2 Å². The minimum atomic E-state index is -0.463. The Hall–Kier alpha value is -3.74. The van der Waals surface area contributed by atoms with Crippen LogP contribution in [0.15, 0.2) is 66.9 Å². The number of rotatable bonds is 6. The fraction of sp³-hybridized carbons (Fsp3) is 0.100. The van der Waals surface area contributed by atoms with Gasteiger partial charge in [-0.1, -0.05) is 29.8 Å². The van der Waals surface area contributed by atoms with Gasteiger partial charge in [-0.3, -0.25) is 14.9 Å². The lowest BCUT2D eigenvalue weighted by Gasteiger charge is -2.08. The van der Waals surface area contributed by atoms with Gasteiger partial charge in [0, 0.05) is 24.3 Å². The van der Waals surface area contributed by atoms with Gasteiger partial charge in [0.2, 0.25) is 5.91 Å². The zero-order chi connectivity index (χ0) is 19.2. The van der Waals surface area contributed by atoms with Crippen molar-refractivity contribution in [3.05, 3.63) is 93.7 Å². The second kappa shape index (κ2) is 8.09. The number of hydrogen-bond acceptors (Lipinski definition) is 4. The Labute approximate surface area is 156 Å². The Morgan fingerprint density at radius 3 is 2.70 bits per heavy atom. The molecule has 0 aliphatic carbocycles. The fourth-order valence-electron chi connectivity index (χ4n) is 2.60. The summed E-state index contributed by atoms with van der Waals surface area (Å²) in [6, 6.07) is 15.8. The number of carbonyl (C=O) groups is 1. The van der Waals surface area contributed by atoms with Gasteiger partial charge in [-0.2, -0.15) is 5.10 Å². The van der Waals surface area contributed by atoms with Gasteiger partial charge in [0.05, 0.1) is 17.7 Å². The number of nitro groups is 1. The number of benzene rings is 2. The van der Waals surface area contributed by atoms with Crippen molar-refractivity contribution in [2.45, 2.75) is 13.5 Å². The van der Waals surface area contributed by atoms with E-state index in [0.29, 0.717) is 17.9 Å². The van der Waals surface area contributed by atoms with Crippen molar-refractivity contribution in [1.82, 2.24) is 9.78 Å². The van der Waals surface area contributed by atoms with Crippen molar-refractivity contribution in [3.63, 3.8) is 0 Å². The first-order valence-corrected chi connectivity index (χ1v) is 8.32. The monoisotopic (exact) mass is 362 g/mol. The van der Waals surface area contributed by atoms with Crippen LogP contribution in [-0.4, -0.2) is 20.6 Å². The van der Waals surface area contributed by atoms with E-state index in [9.17, 15) is 14.9 Å². The van der Waals surface area contributed by atoms with Gasteiger partial charge in [-0.25, -0.2) is 4.68 Å². The lowest BCUT2D eigenvalue weighted by molar-refractivity contribution is -0.384. The Kier molecular flexibility index (Phi) is 5.41. The van der Waals surface area contributed by atoms with Gasteiger partial charge in [-0.05, 0) is 36.3 Å². The van der Waals surface area contributed by atoms with Gasteiger partial charge in [0.15, 0.2) is 0 Å². The molecule has 0 radical (unpaired) electrons. The summed E-state index contributed by atoms with van der Waals surface area (Å²) in [6.07, 6.45) is 4.61. The molecule has 1 aromatic heterocycles. The van der Waals surface area contributed by atoms with Crippen LogP contribution >= 0.6 is 0 Å². The smallest absolute Gasteiger partial charge is 0.269 e. The number of non-ortho nitro benzene ring substituents is 1. The van der Waals surface area contributed by atoms with Crippen LogP contribution in [-0.2, 0) is 11.3 Å². The largest absolute Gasteiger partial charge is 0.307 e.